The largest absolute Gasteiger partial charge is 0.481 e. The van der Waals surface area contributed by atoms with Crippen LogP contribution in [-0.2, 0) is 9.59 Å². The number of rotatable bonds is 16. The normalized spacial score (nSPS) is 26.3. The van der Waals surface area contributed by atoms with Gasteiger partial charge < -0.3 is 14.9 Å². The summed E-state index contributed by atoms with van der Waals surface area (Å²) in [6.45, 7) is 8.00. The SMILES string of the molecule is CC(=O)C1(C)CCC(n2ncc(C(=O)N(CC(=O)c3c(Cl)cccc3Cl)CC3(F)CC4(CC4)C3)c2C)CC1.Cc1c(C(=O)N(CC(=O)c2c(Cl)cccc2Cl)CC2(F)CC3(CC3)C2)cnn1C1CCC(C)(C(=O)O)CC1. The summed E-state index contributed by atoms with van der Waals surface area (Å²) in [5, 5.41) is 19.3. The van der Waals surface area contributed by atoms with Crippen LogP contribution in [-0.4, -0.2) is 107 Å². The van der Waals surface area contributed by atoms with E-state index in [4.69, 9.17) is 46.4 Å². The number of hydrogen-bond acceptors (Lipinski definition) is 8. The van der Waals surface area contributed by atoms with Gasteiger partial charge in [0.05, 0.1) is 98.4 Å². The Bertz CT molecular complexity index is 2730. The van der Waals surface area contributed by atoms with Crippen LogP contribution in [0.4, 0.5) is 8.78 Å². The summed E-state index contributed by atoms with van der Waals surface area (Å²) in [6.07, 6.45) is 14.1. The van der Waals surface area contributed by atoms with Crippen molar-refractivity contribution in [3.8, 4) is 0 Å². The Hall–Kier alpha value is -4.70. The van der Waals surface area contributed by atoms with E-state index in [1.54, 1.807) is 61.9 Å². The van der Waals surface area contributed by atoms with Crippen molar-refractivity contribution < 1.29 is 42.7 Å². The number of benzene rings is 2. The van der Waals surface area contributed by atoms with Gasteiger partial charge in [-0.15, -0.1) is 0 Å². The smallest absolute Gasteiger partial charge is 0.309 e. The van der Waals surface area contributed by atoms with E-state index in [9.17, 15) is 33.9 Å². The van der Waals surface area contributed by atoms with Gasteiger partial charge in [0.2, 0.25) is 0 Å². The highest BCUT2D eigenvalue weighted by molar-refractivity contribution is 6.40. The number of halogens is 6. The fourth-order valence-corrected chi connectivity index (χ4v) is 14.1. The maximum atomic E-state index is 15.7. The van der Waals surface area contributed by atoms with Crippen LogP contribution in [0.3, 0.4) is 0 Å². The maximum absolute atomic E-state index is 15.7. The molecule has 2 amide bonds. The molecule has 2 spiro atoms. The number of carboxylic acids is 1. The first-order chi connectivity index (χ1) is 35.7. The monoisotopic (exact) mass is 1120 g/mol. The Morgan fingerprint density at radius 3 is 1.22 bits per heavy atom. The highest BCUT2D eigenvalue weighted by Gasteiger charge is 2.63. The van der Waals surface area contributed by atoms with E-state index in [1.165, 1.54) is 22.2 Å². The molecule has 13 nitrogen and oxygen atoms in total. The number of carboxylic acid groups (broad SMARTS) is 1. The zero-order valence-corrected chi connectivity index (χ0v) is 46.8. The van der Waals surface area contributed by atoms with Gasteiger partial charge in [0.15, 0.2) is 11.6 Å². The predicted octanol–water partition coefficient (Wildman–Crippen LogP) is 13.1. The second-order valence-corrected chi connectivity index (χ2v) is 25.6. The second-order valence-electron chi connectivity index (χ2n) is 24.0. The van der Waals surface area contributed by atoms with E-state index < -0.39 is 46.1 Å². The van der Waals surface area contributed by atoms with Gasteiger partial charge in [-0.2, -0.15) is 10.2 Å². The van der Waals surface area contributed by atoms with Crippen LogP contribution in [0.15, 0.2) is 48.8 Å². The number of hydrogen-bond donors (Lipinski definition) is 1. The first-order valence-corrected chi connectivity index (χ1v) is 28.0. The topological polar surface area (TPSA) is 165 Å². The van der Waals surface area contributed by atoms with E-state index in [0.717, 1.165) is 51.4 Å². The molecular formula is C57H66Cl4F2N6O7. The van der Waals surface area contributed by atoms with Gasteiger partial charge >= 0.3 is 5.97 Å². The minimum Gasteiger partial charge on any atom is -0.481 e. The molecule has 6 fully saturated rings. The van der Waals surface area contributed by atoms with Crippen LogP contribution in [0.1, 0.15) is 188 Å². The van der Waals surface area contributed by atoms with Crippen molar-refractivity contribution in [2.75, 3.05) is 26.2 Å². The van der Waals surface area contributed by atoms with Crippen molar-refractivity contribution >= 4 is 81.5 Å². The van der Waals surface area contributed by atoms with Gasteiger partial charge in [0, 0.05) is 16.8 Å². The Balaban J connectivity index is 0.000000186. The lowest BCUT2D eigenvalue weighted by atomic mass is 9.69. The summed E-state index contributed by atoms with van der Waals surface area (Å²) in [6, 6.07) is 9.58. The molecule has 6 saturated carbocycles. The zero-order valence-electron chi connectivity index (χ0n) is 43.8. The molecule has 0 aliphatic heterocycles. The number of amides is 2. The number of Topliss-reactive ketones (excluding diaryl/α,β-unsaturated/α-hetero) is 3. The van der Waals surface area contributed by atoms with Gasteiger partial charge in [0.25, 0.3) is 11.8 Å². The van der Waals surface area contributed by atoms with Crippen molar-refractivity contribution in [2.45, 2.75) is 161 Å². The van der Waals surface area contributed by atoms with E-state index in [-0.39, 0.29) is 91.5 Å². The van der Waals surface area contributed by atoms with E-state index >= 15 is 8.78 Å². The molecule has 0 atom stereocenters. The molecule has 2 aromatic heterocycles. The molecule has 2 heterocycles. The van der Waals surface area contributed by atoms with Crippen molar-refractivity contribution in [2.24, 2.45) is 21.7 Å². The quantitative estimate of drug-likeness (QED) is 0.108. The van der Waals surface area contributed by atoms with Crippen molar-refractivity contribution in [1.29, 1.82) is 0 Å². The predicted molar refractivity (Wildman–Crippen MR) is 286 cm³/mol. The first-order valence-electron chi connectivity index (χ1n) is 26.4. The summed E-state index contributed by atoms with van der Waals surface area (Å²) in [4.78, 5) is 80.4. The lowest BCUT2D eigenvalue weighted by molar-refractivity contribution is -0.150. The molecule has 408 valence electrons. The fourth-order valence-electron chi connectivity index (χ4n) is 12.9. The molecule has 4 aromatic rings. The van der Waals surface area contributed by atoms with Crippen molar-refractivity contribution in [1.82, 2.24) is 29.4 Å². The maximum Gasteiger partial charge on any atom is 0.309 e. The van der Waals surface area contributed by atoms with Crippen molar-refractivity contribution in [3.05, 3.63) is 103 Å². The highest BCUT2D eigenvalue weighted by Crippen LogP contribution is 2.67. The van der Waals surface area contributed by atoms with Gasteiger partial charge in [-0.05, 0) is 166 Å². The number of alkyl halides is 2. The molecule has 0 saturated heterocycles. The lowest BCUT2D eigenvalue weighted by Crippen LogP contribution is -2.52. The molecule has 2 aromatic carbocycles. The third-order valence-electron chi connectivity index (χ3n) is 18.1. The van der Waals surface area contributed by atoms with Gasteiger partial charge in [-0.25, -0.2) is 8.78 Å². The minimum atomic E-state index is -1.54. The van der Waals surface area contributed by atoms with Gasteiger partial charge in [0.1, 0.15) is 17.1 Å². The minimum absolute atomic E-state index is 0.0325. The first kappa shape index (κ1) is 56.0. The molecular weight excluding hydrogens is 1060 g/mol. The Labute approximate surface area is 462 Å². The Morgan fingerprint density at radius 1 is 0.592 bits per heavy atom. The number of ketones is 3. The summed E-state index contributed by atoms with van der Waals surface area (Å²) in [7, 11) is 0. The highest BCUT2D eigenvalue weighted by atomic mass is 35.5. The molecule has 0 bridgehead atoms. The number of carbonyl (C=O) groups excluding carboxylic acids is 5. The van der Waals surface area contributed by atoms with Crippen LogP contribution in [0.2, 0.25) is 20.1 Å². The van der Waals surface area contributed by atoms with Crippen LogP contribution in [0.25, 0.3) is 0 Å². The number of nitrogens with zero attached hydrogens (tertiary/aromatic N) is 6. The van der Waals surface area contributed by atoms with Crippen LogP contribution >= 0.6 is 46.4 Å². The molecule has 76 heavy (non-hydrogen) atoms. The van der Waals surface area contributed by atoms with E-state index in [2.05, 4.69) is 10.2 Å². The summed E-state index contributed by atoms with van der Waals surface area (Å²) >= 11 is 25.0. The van der Waals surface area contributed by atoms with Crippen molar-refractivity contribution in [3.63, 3.8) is 0 Å². The molecule has 0 radical (unpaired) electrons. The average molecular weight is 1130 g/mol. The summed E-state index contributed by atoms with van der Waals surface area (Å²) in [5.74, 6) is -2.38. The van der Waals surface area contributed by atoms with Crippen LogP contribution < -0.4 is 0 Å². The second kappa shape index (κ2) is 20.8. The van der Waals surface area contributed by atoms with E-state index in [0.29, 0.717) is 73.9 Å². The third kappa shape index (κ3) is 11.3. The molecule has 6 aliphatic carbocycles. The van der Waals surface area contributed by atoms with E-state index in [1.807, 2.05) is 18.5 Å². The molecule has 10 rings (SSSR count). The van der Waals surface area contributed by atoms with Crippen LogP contribution in [0.5, 0.6) is 0 Å². The molecule has 19 heteroatoms. The summed E-state index contributed by atoms with van der Waals surface area (Å²) in [5.41, 5.74) is -1.75. The standard InChI is InChI=1S/C29H34Cl2FN3O3.C28H32Cl2FN3O4/c1-18-21(13-33-35(18)20-7-9-27(3,10-8-20)19(2)36)26(38)34(17-29(32)15-28(16-29)11-12-28)14-24(37)25-22(30)5-4-6-23(25)31;1-17-19(12-32-34(17)18-6-8-26(2,9-7-18)25(37)38)24(36)33(16-28(31)14-27(15-28)10-11-27)13-22(35)23-20(29)4-3-5-21(23)30/h4-6,13,20H,7-12,14-17H2,1-3H3;3-5,12,18H,6-11,13-16H2,1-2H3,(H,37,38). The molecule has 6 aliphatic rings. The average Bonchev–Trinajstić information content (AvgIpc) is 4.29. The number of carbonyl (C=O) groups is 6. The fraction of sp³-hybridized carbons (Fsp3) is 0.579. The van der Waals surface area contributed by atoms with Gasteiger partial charge in [-0.3, -0.25) is 38.1 Å². The lowest BCUT2D eigenvalue weighted by Gasteiger charge is -2.44. The number of aliphatic carboxylic acids is 1. The molecule has 1 N–H and O–H groups in total. The summed E-state index contributed by atoms with van der Waals surface area (Å²) < 4.78 is 35.0. The Morgan fingerprint density at radius 2 is 0.921 bits per heavy atom. The van der Waals surface area contributed by atoms with Crippen LogP contribution in [0, 0.1) is 35.5 Å². The number of aromatic nitrogens is 4. The zero-order chi connectivity index (χ0) is 54.9. The molecule has 0 unspecified atom stereocenters. The van der Waals surface area contributed by atoms with Gasteiger partial charge in [-0.1, -0.05) is 65.5 Å². The third-order valence-corrected chi connectivity index (χ3v) is 19.3. The Kier molecular flexibility index (Phi) is 15.4.